The smallest absolute Gasteiger partial charge is 0.0906 e. The maximum Gasteiger partial charge on any atom is 0.0906 e. The number of aliphatic hydroxyl groups is 6. The number of hydrogen-bond donors (Lipinski definition) is 6. The van der Waals surface area contributed by atoms with Crippen LogP contribution in [-0.4, -0.2) is 118 Å². The Morgan fingerprint density at radius 2 is 0.825 bits per heavy atom. The zero-order valence-electron chi connectivity index (χ0n) is 25.3. The minimum absolute atomic E-state index is 0.0671. The Morgan fingerprint density at radius 3 is 1.12 bits per heavy atom. The van der Waals surface area contributed by atoms with E-state index in [0.29, 0.717) is 52.5 Å². The van der Waals surface area contributed by atoms with Crippen molar-refractivity contribution in [3.05, 3.63) is 24.3 Å². The largest absolute Gasteiger partial charge is 0.391 e. The molecule has 234 valence electrons. The maximum absolute atomic E-state index is 11.0. The molecule has 6 N–H and O–H groups in total. The van der Waals surface area contributed by atoms with Gasteiger partial charge in [0.15, 0.2) is 0 Å². The standard InChI is InChI=1S/C30H54O10/c1-25(2)21-27(5,33)7-9-29(25,35)17-23(31)19-39-15-13-37-11-12-38-14-16-40-20-24(32)18-30(36)10-8-28(6,34)22-26(30,3)4/h7-10,23-24,31-36H,11-22H2,1-6H3. The first-order valence-electron chi connectivity index (χ1n) is 14.3. The van der Waals surface area contributed by atoms with Gasteiger partial charge in [0.05, 0.1) is 87.5 Å². The van der Waals surface area contributed by atoms with Crippen molar-refractivity contribution in [2.75, 3.05) is 52.9 Å². The second-order valence-electron chi connectivity index (χ2n) is 13.4. The summed E-state index contributed by atoms with van der Waals surface area (Å²) in [5.74, 6) is 0. The Balaban J connectivity index is 1.48. The molecule has 0 bridgehead atoms. The third-order valence-corrected chi connectivity index (χ3v) is 8.21. The van der Waals surface area contributed by atoms with Crippen LogP contribution in [0.25, 0.3) is 0 Å². The molecular formula is C30H54O10. The van der Waals surface area contributed by atoms with E-state index in [0.717, 1.165) is 0 Å². The van der Waals surface area contributed by atoms with Gasteiger partial charge >= 0.3 is 0 Å². The molecule has 0 heterocycles. The van der Waals surface area contributed by atoms with Crippen molar-refractivity contribution < 1.29 is 49.6 Å². The predicted molar refractivity (Wildman–Crippen MR) is 151 cm³/mol. The molecular weight excluding hydrogens is 520 g/mol. The lowest BCUT2D eigenvalue weighted by molar-refractivity contribution is -0.109. The molecule has 2 rings (SSSR count). The highest BCUT2D eigenvalue weighted by molar-refractivity contribution is 5.21. The molecule has 10 nitrogen and oxygen atoms in total. The fourth-order valence-electron chi connectivity index (χ4n) is 5.82. The van der Waals surface area contributed by atoms with Crippen molar-refractivity contribution in [2.45, 2.75) is 102 Å². The number of rotatable bonds is 17. The van der Waals surface area contributed by atoms with E-state index in [1.807, 2.05) is 27.7 Å². The van der Waals surface area contributed by atoms with Gasteiger partial charge in [-0.2, -0.15) is 0 Å². The molecule has 0 radical (unpaired) electrons. The van der Waals surface area contributed by atoms with Crippen LogP contribution in [0.4, 0.5) is 0 Å². The Hall–Kier alpha value is -0.920. The topological polar surface area (TPSA) is 158 Å². The molecule has 0 aliphatic heterocycles. The monoisotopic (exact) mass is 574 g/mol. The van der Waals surface area contributed by atoms with Gasteiger partial charge in [0.1, 0.15) is 0 Å². The first kappa shape index (κ1) is 35.3. The van der Waals surface area contributed by atoms with Crippen molar-refractivity contribution in [2.24, 2.45) is 10.8 Å². The molecule has 2 aliphatic carbocycles. The molecule has 40 heavy (non-hydrogen) atoms. The van der Waals surface area contributed by atoms with Crippen LogP contribution in [0, 0.1) is 10.8 Å². The number of hydrogen-bond acceptors (Lipinski definition) is 10. The number of aliphatic hydroxyl groups excluding tert-OH is 2. The summed E-state index contributed by atoms with van der Waals surface area (Å²) in [6.45, 7) is 13.0. The normalized spacial score (nSPS) is 34.6. The second kappa shape index (κ2) is 14.0. The summed E-state index contributed by atoms with van der Waals surface area (Å²) in [5, 5.41) is 63.3. The molecule has 0 aromatic carbocycles. The summed E-state index contributed by atoms with van der Waals surface area (Å²) in [7, 11) is 0. The highest BCUT2D eigenvalue weighted by Gasteiger charge is 2.50. The van der Waals surface area contributed by atoms with E-state index >= 15 is 0 Å². The maximum atomic E-state index is 11.0. The predicted octanol–water partition coefficient (Wildman–Crippen LogP) is 1.49. The summed E-state index contributed by atoms with van der Waals surface area (Å²) in [5.41, 5.74) is -5.63. The van der Waals surface area contributed by atoms with Gasteiger partial charge in [-0.3, -0.25) is 0 Å². The highest BCUT2D eigenvalue weighted by Crippen LogP contribution is 2.47. The van der Waals surface area contributed by atoms with Gasteiger partial charge in [-0.25, -0.2) is 0 Å². The SMILES string of the molecule is CC1(O)C=CC(O)(CC(O)COCCOCCOCCOCC(O)CC2(O)C=CC(C)(O)CC2(C)C)C(C)(C)C1. The summed E-state index contributed by atoms with van der Waals surface area (Å²) < 4.78 is 21.9. The van der Waals surface area contributed by atoms with Gasteiger partial charge in [-0.15, -0.1) is 0 Å². The van der Waals surface area contributed by atoms with Crippen LogP contribution in [0.3, 0.4) is 0 Å². The lowest BCUT2D eigenvalue weighted by atomic mass is 9.63. The molecule has 0 spiro atoms. The molecule has 0 aromatic heterocycles. The van der Waals surface area contributed by atoms with E-state index in [-0.39, 0.29) is 26.1 Å². The molecule has 6 atom stereocenters. The number of ether oxygens (including phenoxy) is 4. The van der Waals surface area contributed by atoms with Crippen molar-refractivity contribution in [3.63, 3.8) is 0 Å². The Kier molecular flexibility index (Phi) is 12.4. The molecule has 0 aromatic rings. The molecule has 2 aliphatic rings. The highest BCUT2D eigenvalue weighted by atomic mass is 16.6. The Morgan fingerprint density at radius 1 is 0.525 bits per heavy atom. The van der Waals surface area contributed by atoms with Crippen molar-refractivity contribution in [1.29, 1.82) is 0 Å². The van der Waals surface area contributed by atoms with Gasteiger partial charge in [0, 0.05) is 23.7 Å². The molecule has 6 unspecified atom stereocenters. The van der Waals surface area contributed by atoms with Gasteiger partial charge < -0.3 is 49.6 Å². The van der Waals surface area contributed by atoms with E-state index in [4.69, 9.17) is 18.9 Å². The zero-order valence-corrected chi connectivity index (χ0v) is 25.3. The summed E-state index contributed by atoms with van der Waals surface area (Å²) in [6, 6.07) is 0. The van der Waals surface area contributed by atoms with Crippen molar-refractivity contribution in [1.82, 2.24) is 0 Å². The second-order valence-corrected chi connectivity index (χ2v) is 13.4. The van der Waals surface area contributed by atoms with Crippen LogP contribution >= 0.6 is 0 Å². The minimum atomic E-state index is -1.23. The first-order chi connectivity index (χ1) is 18.3. The Labute approximate surface area is 239 Å². The summed E-state index contributed by atoms with van der Waals surface area (Å²) in [4.78, 5) is 0. The third kappa shape index (κ3) is 10.4. The fourth-order valence-corrected chi connectivity index (χ4v) is 5.82. The third-order valence-electron chi connectivity index (χ3n) is 8.21. The van der Waals surface area contributed by atoms with Crippen molar-refractivity contribution >= 4 is 0 Å². The molecule has 0 fully saturated rings. The molecule has 10 heteroatoms. The average molecular weight is 575 g/mol. The van der Waals surface area contributed by atoms with Gasteiger partial charge in [-0.1, -0.05) is 52.0 Å². The van der Waals surface area contributed by atoms with Crippen LogP contribution in [-0.2, 0) is 18.9 Å². The van der Waals surface area contributed by atoms with E-state index < -0.39 is 45.4 Å². The summed E-state index contributed by atoms with van der Waals surface area (Å²) >= 11 is 0. The van der Waals surface area contributed by atoms with Crippen LogP contribution in [0.15, 0.2) is 24.3 Å². The van der Waals surface area contributed by atoms with Gasteiger partial charge in [0.2, 0.25) is 0 Å². The van der Waals surface area contributed by atoms with E-state index in [2.05, 4.69) is 0 Å². The molecule has 0 saturated heterocycles. The Bertz CT molecular complexity index is 768. The van der Waals surface area contributed by atoms with Crippen LogP contribution in [0.5, 0.6) is 0 Å². The molecule has 0 saturated carbocycles. The quantitative estimate of drug-likeness (QED) is 0.111. The lowest BCUT2D eigenvalue weighted by Crippen LogP contribution is -2.52. The fraction of sp³-hybridized carbons (Fsp3) is 0.867. The zero-order chi connectivity index (χ0) is 30.3. The van der Waals surface area contributed by atoms with Crippen LogP contribution < -0.4 is 0 Å². The van der Waals surface area contributed by atoms with Gasteiger partial charge in [-0.05, 0) is 26.7 Å². The van der Waals surface area contributed by atoms with Crippen molar-refractivity contribution in [3.8, 4) is 0 Å². The van der Waals surface area contributed by atoms with E-state index in [1.165, 1.54) is 0 Å². The van der Waals surface area contributed by atoms with Crippen LogP contribution in [0.2, 0.25) is 0 Å². The first-order valence-corrected chi connectivity index (χ1v) is 14.3. The average Bonchev–Trinajstić information content (AvgIpc) is 2.79. The van der Waals surface area contributed by atoms with Crippen LogP contribution in [0.1, 0.15) is 67.2 Å². The minimum Gasteiger partial charge on any atom is -0.391 e. The molecule has 0 amide bonds. The lowest BCUT2D eigenvalue weighted by Gasteiger charge is -2.48. The summed E-state index contributed by atoms with van der Waals surface area (Å²) in [6.07, 6.45) is 5.63. The van der Waals surface area contributed by atoms with Gasteiger partial charge in [0.25, 0.3) is 0 Å². The van der Waals surface area contributed by atoms with E-state index in [9.17, 15) is 30.6 Å². The van der Waals surface area contributed by atoms with E-state index in [1.54, 1.807) is 38.2 Å².